The van der Waals surface area contributed by atoms with E-state index >= 15 is 0 Å². The highest BCUT2D eigenvalue weighted by atomic mass is 16.5. The molecule has 2 aromatic heterocycles. The number of carbonyl (C=O) groups is 1. The van der Waals surface area contributed by atoms with Gasteiger partial charge in [0.25, 0.3) is 11.7 Å². The number of ether oxygens (including phenoxy) is 1. The number of hydrogen-bond donors (Lipinski definition) is 1. The number of nitrogens with zero attached hydrogens (tertiary/aromatic N) is 4. The molecule has 0 aliphatic heterocycles. The van der Waals surface area contributed by atoms with Gasteiger partial charge < -0.3 is 10.1 Å². The zero-order valence-electron chi connectivity index (χ0n) is 12.3. The first-order valence-electron chi connectivity index (χ1n) is 6.90. The van der Waals surface area contributed by atoms with Crippen molar-refractivity contribution < 1.29 is 9.53 Å². The fraction of sp³-hybridized carbons (Fsp3) is 0.200. The molecule has 1 N–H and O–H groups in total. The van der Waals surface area contributed by atoms with Crippen LogP contribution in [-0.4, -0.2) is 32.1 Å². The predicted octanol–water partition coefficient (Wildman–Crippen LogP) is 2.08. The van der Waals surface area contributed by atoms with Crippen molar-refractivity contribution >= 4 is 17.4 Å². The standard InChI is InChI=1S/C15H15N5O2/c1-3-22-12-7-5-4-6-11(12)17-14(21)13-18-15-16-9-8-10(2)20(15)19-13/h4-9H,3H2,1-2H3,(H,17,21). The fourth-order valence-corrected chi connectivity index (χ4v) is 2.03. The van der Waals surface area contributed by atoms with Crippen molar-refractivity contribution in [1.82, 2.24) is 19.6 Å². The van der Waals surface area contributed by atoms with Crippen LogP contribution in [0.5, 0.6) is 5.75 Å². The number of nitrogens with one attached hydrogen (secondary N) is 1. The van der Waals surface area contributed by atoms with Crippen LogP contribution in [-0.2, 0) is 0 Å². The van der Waals surface area contributed by atoms with E-state index in [4.69, 9.17) is 4.74 Å². The summed E-state index contributed by atoms with van der Waals surface area (Å²) in [6.45, 7) is 4.27. The topological polar surface area (TPSA) is 81.4 Å². The summed E-state index contributed by atoms with van der Waals surface area (Å²) >= 11 is 0. The maximum atomic E-state index is 12.3. The largest absolute Gasteiger partial charge is 0.492 e. The van der Waals surface area contributed by atoms with Crippen molar-refractivity contribution in [2.75, 3.05) is 11.9 Å². The normalized spacial score (nSPS) is 10.6. The van der Waals surface area contributed by atoms with Gasteiger partial charge in [-0.25, -0.2) is 9.50 Å². The lowest BCUT2D eigenvalue weighted by molar-refractivity contribution is 0.101. The second-order valence-electron chi connectivity index (χ2n) is 4.62. The maximum absolute atomic E-state index is 12.3. The molecule has 112 valence electrons. The van der Waals surface area contributed by atoms with E-state index in [1.54, 1.807) is 24.4 Å². The number of para-hydroxylation sites is 2. The molecule has 3 aromatic rings. The summed E-state index contributed by atoms with van der Waals surface area (Å²) in [6.07, 6.45) is 1.63. The molecule has 3 rings (SSSR count). The van der Waals surface area contributed by atoms with E-state index in [9.17, 15) is 4.79 Å². The Hall–Kier alpha value is -2.96. The van der Waals surface area contributed by atoms with E-state index < -0.39 is 5.91 Å². The van der Waals surface area contributed by atoms with Gasteiger partial charge in [-0.3, -0.25) is 4.79 Å². The second kappa shape index (κ2) is 5.80. The van der Waals surface area contributed by atoms with E-state index in [-0.39, 0.29) is 5.82 Å². The van der Waals surface area contributed by atoms with Crippen molar-refractivity contribution in [3.05, 3.63) is 48.0 Å². The molecule has 0 aliphatic rings. The highest BCUT2D eigenvalue weighted by Crippen LogP contribution is 2.24. The van der Waals surface area contributed by atoms with Crippen molar-refractivity contribution in [3.63, 3.8) is 0 Å². The molecule has 0 saturated heterocycles. The van der Waals surface area contributed by atoms with Gasteiger partial charge >= 0.3 is 0 Å². The van der Waals surface area contributed by atoms with E-state index in [0.29, 0.717) is 23.8 Å². The minimum atomic E-state index is -0.406. The highest BCUT2D eigenvalue weighted by Gasteiger charge is 2.16. The van der Waals surface area contributed by atoms with Gasteiger partial charge in [-0.1, -0.05) is 12.1 Å². The van der Waals surface area contributed by atoms with Gasteiger partial charge in [-0.2, -0.15) is 4.98 Å². The molecule has 0 unspecified atom stereocenters. The van der Waals surface area contributed by atoms with Gasteiger partial charge in [0.1, 0.15) is 5.75 Å². The van der Waals surface area contributed by atoms with E-state index in [2.05, 4.69) is 20.4 Å². The van der Waals surface area contributed by atoms with Crippen LogP contribution in [0.3, 0.4) is 0 Å². The predicted molar refractivity (Wildman–Crippen MR) is 81.1 cm³/mol. The lowest BCUT2D eigenvalue weighted by atomic mass is 10.3. The van der Waals surface area contributed by atoms with Crippen molar-refractivity contribution in [2.45, 2.75) is 13.8 Å². The highest BCUT2D eigenvalue weighted by molar-refractivity contribution is 6.02. The Bertz CT molecular complexity index is 828. The third kappa shape index (κ3) is 2.60. The molecule has 2 heterocycles. The summed E-state index contributed by atoms with van der Waals surface area (Å²) in [6, 6.07) is 9.02. The lowest BCUT2D eigenvalue weighted by Gasteiger charge is -2.09. The summed E-state index contributed by atoms with van der Waals surface area (Å²) < 4.78 is 7.01. The average molecular weight is 297 g/mol. The Morgan fingerprint density at radius 2 is 2.14 bits per heavy atom. The van der Waals surface area contributed by atoms with Crippen LogP contribution in [0.4, 0.5) is 5.69 Å². The molecule has 22 heavy (non-hydrogen) atoms. The van der Waals surface area contributed by atoms with Crippen LogP contribution in [0.1, 0.15) is 23.2 Å². The Morgan fingerprint density at radius 1 is 1.32 bits per heavy atom. The van der Waals surface area contributed by atoms with Crippen LogP contribution in [0.15, 0.2) is 36.5 Å². The van der Waals surface area contributed by atoms with Gasteiger partial charge in [-0.05, 0) is 32.0 Å². The smallest absolute Gasteiger partial charge is 0.295 e. The Labute approximate surface area is 127 Å². The van der Waals surface area contributed by atoms with E-state index in [1.165, 1.54) is 4.52 Å². The van der Waals surface area contributed by atoms with Gasteiger partial charge in [0, 0.05) is 11.9 Å². The molecule has 1 amide bonds. The molecule has 0 fully saturated rings. The van der Waals surface area contributed by atoms with Crippen molar-refractivity contribution in [3.8, 4) is 5.75 Å². The number of amides is 1. The van der Waals surface area contributed by atoms with Crippen LogP contribution in [0, 0.1) is 6.92 Å². The molecule has 7 nitrogen and oxygen atoms in total. The van der Waals surface area contributed by atoms with Crippen molar-refractivity contribution in [2.24, 2.45) is 0 Å². The summed E-state index contributed by atoms with van der Waals surface area (Å²) in [7, 11) is 0. The van der Waals surface area contributed by atoms with Gasteiger partial charge in [0.15, 0.2) is 0 Å². The molecule has 1 aromatic carbocycles. The zero-order chi connectivity index (χ0) is 15.5. The molecule has 0 spiro atoms. The summed E-state index contributed by atoms with van der Waals surface area (Å²) in [5.41, 5.74) is 1.43. The lowest BCUT2D eigenvalue weighted by Crippen LogP contribution is -2.15. The molecule has 0 saturated carbocycles. The zero-order valence-corrected chi connectivity index (χ0v) is 12.3. The van der Waals surface area contributed by atoms with Gasteiger partial charge in [-0.15, -0.1) is 5.10 Å². The summed E-state index contributed by atoms with van der Waals surface area (Å²) in [5, 5.41) is 6.94. The van der Waals surface area contributed by atoms with Crippen LogP contribution < -0.4 is 10.1 Å². The number of anilines is 1. The fourth-order valence-electron chi connectivity index (χ4n) is 2.03. The Morgan fingerprint density at radius 3 is 2.91 bits per heavy atom. The molecule has 0 aliphatic carbocycles. The quantitative estimate of drug-likeness (QED) is 0.797. The first kappa shape index (κ1) is 14.0. The van der Waals surface area contributed by atoms with Crippen LogP contribution in [0.25, 0.3) is 5.78 Å². The maximum Gasteiger partial charge on any atom is 0.295 e. The number of benzene rings is 1. The Kier molecular flexibility index (Phi) is 3.69. The summed E-state index contributed by atoms with van der Waals surface area (Å²) in [4.78, 5) is 20.5. The first-order valence-corrected chi connectivity index (χ1v) is 6.90. The molecule has 7 heteroatoms. The average Bonchev–Trinajstić information content (AvgIpc) is 2.95. The van der Waals surface area contributed by atoms with Gasteiger partial charge in [0.05, 0.1) is 12.3 Å². The minimum absolute atomic E-state index is 0.0631. The van der Waals surface area contributed by atoms with Crippen LogP contribution in [0.2, 0.25) is 0 Å². The Balaban J connectivity index is 1.89. The second-order valence-corrected chi connectivity index (χ2v) is 4.62. The molecular formula is C15H15N5O2. The van der Waals surface area contributed by atoms with E-state index in [1.807, 2.05) is 26.0 Å². The minimum Gasteiger partial charge on any atom is -0.492 e. The number of rotatable bonds is 4. The summed E-state index contributed by atoms with van der Waals surface area (Å²) in [5.74, 6) is 0.657. The number of fused-ring (bicyclic) bond motifs is 1. The molecular weight excluding hydrogens is 282 g/mol. The van der Waals surface area contributed by atoms with E-state index in [0.717, 1.165) is 5.69 Å². The van der Waals surface area contributed by atoms with Gasteiger partial charge in [0.2, 0.25) is 5.82 Å². The molecule has 0 atom stereocenters. The third-order valence-corrected chi connectivity index (χ3v) is 3.07. The number of carbonyl (C=O) groups excluding carboxylic acids is 1. The number of aryl methyl sites for hydroxylation is 1. The third-order valence-electron chi connectivity index (χ3n) is 3.07. The number of aromatic nitrogens is 4. The van der Waals surface area contributed by atoms with Crippen LogP contribution >= 0.6 is 0 Å². The van der Waals surface area contributed by atoms with Crippen molar-refractivity contribution in [1.29, 1.82) is 0 Å². The number of hydrogen-bond acceptors (Lipinski definition) is 5. The monoisotopic (exact) mass is 297 g/mol. The SMILES string of the molecule is CCOc1ccccc1NC(=O)c1nc2nccc(C)n2n1. The first-order chi connectivity index (χ1) is 10.7. The molecule has 0 radical (unpaired) electrons. The molecule has 0 bridgehead atoms.